The van der Waals surface area contributed by atoms with Gasteiger partial charge in [0.1, 0.15) is 16.9 Å². The lowest BCUT2D eigenvalue weighted by atomic mass is 10.1. The lowest BCUT2D eigenvalue weighted by Gasteiger charge is -2.05. The number of rotatable bonds is 4. The van der Waals surface area contributed by atoms with Crippen molar-refractivity contribution in [1.82, 2.24) is 0 Å². The van der Waals surface area contributed by atoms with Gasteiger partial charge in [0, 0.05) is 9.77 Å². The quantitative estimate of drug-likeness (QED) is 0.802. The van der Waals surface area contributed by atoms with Crippen molar-refractivity contribution in [2.45, 2.75) is 24.2 Å². The molecule has 2 aromatic rings. The molecule has 23 heavy (non-hydrogen) atoms. The predicted octanol–water partition coefficient (Wildman–Crippen LogP) is 4.63. The summed E-state index contributed by atoms with van der Waals surface area (Å²) >= 11 is 8.48. The van der Waals surface area contributed by atoms with E-state index in [4.69, 9.17) is 11.6 Å². The van der Waals surface area contributed by atoms with Gasteiger partial charge in [-0.05, 0) is 43.0 Å². The zero-order valence-corrected chi connectivity index (χ0v) is 14.4. The Balaban J connectivity index is 1.64. The molecule has 0 saturated carbocycles. The zero-order chi connectivity index (χ0) is 16.4. The molecule has 1 N–H and O–H groups in total. The second-order valence-corrected chi connectivity index (χ2v) is 7.65. The summed E-state index contributed by atoms with van der Waals surface area (Å²) in [6.07, 6.45) is 2.96. The summed E-state index contributed by atoms with van der Waals surface area (Å²) in [5, 5.41) is 12.8. The molecule has 1 aliphatic carbocycles. The molecule has 1 aromatic heterocycles. The van der Waals surface area contributed by atoms with Crippen molar-refractivity contribution >= 4 is 45.6 Å². The second kappa shape index (κ2) is 6.91. The molecule has 1 amide bonds. The van der Waals surface area contributed by atoms with Crippen molar-refractivity contribution in [2.24, 2.45) is 0 Å². The van der Waals surface area contributed by atoms with Crippen LogP contribution in [0, 0.1) is 17.1 Å². The maximum atomic E-state index is 13.1. The van der Waals surface area contributed by atoms with Crippen molar-refractivity contribution in [1.29, 1.82) is 5.26 Å². The highest BCUT2D eigenvalue weighted by molar-refractivity contribution is 8.00. The van der Waals surface area contributed by atoms with Crippen LogP contribution in [0.25, 0.3) is 0 Å². The van der Waals surface area contributed by atoms with Crippen molar-refractivity contribution < 1.29 is 9.18 Å². The first-order chi connectivity index (χ1) is 11.1. The van der Waals surface area contributed by atoms with Crippen LogP contribution in [-0.2, 0) is 17.6 Å². The van der Waals surface area contributed by atoms with E-state index in [0.717, 1.165) is 29.7 Å². The molecule has 0 fully saturated rings. The summed E-state index contributed by atoms with van der Waals surface area (Å²) < 4.78 is 13.1. The molecule has 0 spiro atoms. The zero-order valence-electron chi connectivity index (χ0n) is 12.0. The molecule has 118 valence electrons. The molecule has 1 aliphatic rings. The van der Waals surface area contributed by atoms with Crippen LogP contribution >= 0.6 is 34.7 Å². The highest BCUT2D eigenvalue weighted by atomic mass is 35.5. The Morgan fingerprint density at radius 1 is 1.48 bits per heavy atom. The van der Waals surface area contributed by atoms with Crippen molar-refractivity contribution in [3.05, 3.63) is 45.0 Å². The van der Waals surface area contributed by atoms with Gasteiger partial charge < -0.3 is 5.32 Å². The van der Waals surface area contributed by atoms with Gasteiger partial charge in [-0.3, -0.25) is 4.79 Å². The van der Waals surface area contributed by atoms with E-state index >= 15 is 0 Å². The second-order valence-electron chi connectivity index (χ2n) is 5.09. The van der Waals surface area contributed by atoms with Crippen molar-refractivity contribution in [3.8, 4) is 6.07 Å². The van der Waals surface area contributed by atoms with Crippen molar-refractivity contribution in [3.63, 3.8) is 0 Å². The first kappa shape index (κ1) is 16.3. The average molecular weight is 367 g/mol. The van der Waals surface area contributed by atoms with Crippen LogP contribution in [0.4, 0.5) is 9.39 Å². The SMILES string of the molecule is N#Cc1c(NC(=O)CSc2ccc(F)c(Cl)c2)sc2c1CCC2. The fourth-order valence-electron chi connectivity index (χ4n) is 2.49. The van der Waals surface area contributed by atoms with Crippen LogP contribution in [0.1, 0.15) is 22.4 Å². The Kier molecular flexibility index (Phi) is 4.90. The third kappa shape index (κ3) is 3.52. The molecule has 7 heteroatoms. The van der Waals surface area contributed by atoms with Gasteiger partial charge in [-0.25, -0.2) is 4.39 Å². The van der Waals surface area contributed by atoms with E-state index in [1.165, 1.54) is 40.1 Å². The minimum atomic E-state index is -0.479. The Morgan fingerprint density at radius 2 is 2.30 bits per heavy atom. The topological polar surface area (TPSA) is 52.9 Å². The number of benzene rings is 1. The van der Waals surface area contributed by atoms with E-state index in [2.05, 4.69) is 11.4 Å². The van der Waals surface area contributed by atoms with Crippen molar-refractivity contribution in [2.75, 3.05) is 11.1 Å². The maximum Gasteiger partial charge on any atom is 0.235 e. The van der Waals surface area contributed by atoms with Crippen LogP contribution in [0.3, 0.4) is 0 Å². The van der Waals surface area contributed by atoms with Gasteiger partial charge >= 0.3 is 0 Å². The van der Waals surface area contributed by atoms with E-state index in [0.29, 0.717) is 10.6 Å². The number of thioether (sulfide) groups is 1. The molecule has 0 aliphatic heterocycles. The lowest BCUT2D eigenvalue weighted by molar-refractivity contribution is -0.113. The normalized spacial score (nSPS) is 12.7. The van der Waals surface area contributed by atoms with E-state index in [9.17, 15) is 14.4 Å². The third-order valence-corrected chi connectivity index (χ3v) is 6.04. The number of nitrogens with zero attached hydrogens (tertiary/aromatic N) is 1. The fraction of sp³-hybridized carbons (Fsp3) is 0.250. The first-order valence-corrected chi connectivity index (χ1v) is 9.19. The van der Waals surface area contributed by atoms with Gasteiger partial charge in [0.25, 0.3) is 0 Å². The number of amides is 1. The van der Waals surface area contributed by atoms with Crippen LogP contribution < -0.4 is 5.32 Å². The number of hydrogen-bond acceptors (Lipinski definition) is 4. The Bertz CT molecular complexity index is 813. The van der Waals surface area contributed by atoms with E-state index in [1.54, 1.807) is 6.07 Å². The number of nitriles is 1. The molecule has 0 atom stereocenters. The molecule has 1 aromatic carbocycles. The molecule has 0 radical (unpaired) electrons. The van der Waals surface area contributed by atoms with Gasteiger partial charge in [0.15, 0.2) is 0 Å². The molecule has 1 heterocycles. The highest BCUT2D eigenvalue weighted by Crippen LogP contribution is 2.38. The van der Waals surface area contributed by atoms with Gasteiger partial charge in [-0.15, -0.1) is 23.1 Å². The highest BCUT2D eigenvalue weighted by Gasteiger charge is 2.23. The van der Waals surface area contributed by atoms with E-state index in [1.807, 2.05) is 0 Å². The predicted molar refractivity (Wildman–Crippen MR) is 91.8 cm³/mol. The number of nitrogens with one attached hydrogen (secondary N) is 1. The summed E-state index contributed by atoms with van der Waals surface area (Å²) in [7, 11) is 0. The van der Waals surface area contributed by atoms with E-state index < -0.39 is 5.82 Å². The Labute approximate surface area is 146 Å². The van der Waals surface area contributed by atoms with E-state index in [-0.39, 0.29) is 16.7 Å². The summed E-state index contributed by atoms with van der Waals surface area (Å²) in [5.41, 5.74) is 1.69. The largest absolute Gasteiger partial charge is 0.316 e. The Morgan fingerprint density at radius 3 is 3.04 bits per heavy atom. The monoisotopic (exact) mass is 366 g/mol. The standard InChI is InChI=1S/C16H12ClFN2OS2/c17-12-6-9(4-5-13(12)18)22-8-15(21)20-16-11(7-19)10-2-1-3-14(10)23-16/h4-6H,1-3,8H2,(H,20,21). The third-order valence-electron chi connectivity index (χ3n) is 3.55. The molecular weight excluding hydrogens is 355 g/mol. The first-order valence-electron chi connectivity index (χ1n) is 7.01. The molecule has 0 unspecified atom stereocenters. The van der Waals surface area contributed by atoms with Gasteiger partial charge in [0.2, 0.25) is 5.91 Å². The minimum Gasteiger partial charge on any atom is -0.316 e. The maximum absolute atomic E-state index is 13.1. The Hall–Kier alpha value is -1.55. The number of aryl methyl sites for hydroxylation is 1. The van der Waals surface area contributed by atoms with Gasteiger partial charge in [0.05, 0.1) is 16.3 Å². The fourth-order valence-corrected chi connectivity index (χ4v) is 4.73. The van der Waals surface area contributed by atoms with Crippen LogP contribution in [0.15, 0.2) is 23.1 Å². The molecular formula is C16H12ClFN2OS2. The average Bonchev–Trinajstić information content (AvgIpc) is 3.09. The van der Waals surface area contributed by atoms with Crippen LogP contribution in [0.2, 0.25) is 5.02 Å². The molecule has 3 nitrogen and oxygen atoms in total. The summed E-state index contributed by atoms with van der Waals surface area (Å²) in [5.74, 6) is -0.492. The minimum absolute atomic E-state index is 0.0388. The number of thiophene rings is 1. The lowest BCUT2D eigenvalue weighted by Crippen LogP contribution is -2.14. The number of carbonyl (C=O) groups excluding carboxylic acids is 1. The molecule has 0 saturated heterocycles. The van der Waals surface area contributed by atoms with Gasteiger partial charge in [-0.2, -0.15) is 5.26 Å². The van der Waals surface area contributed by atoms with Crippen LogP contribution in [-0.4, -0.2) is 11.7 Å². The van der Waals surface area contributed by atoms with Crippen LogP contribution in [0.5, 0.6) is 0 Å². The summed E-state index contributed by atoms with van der Waals surface area (Å²) in [6.45, 7) is 0. The number of hydrogen-bond donors (Lipinski definition) is 1. The van der Waals surface area contributed by atoms with Gasteiger partial charge in [-0.1, -0.05) is 11.6 Å². The number of halogens is 2. The summed E-state index contributed by atoms with van der Waals surface area (Å²) in [4.78, 5) is 14.0. The molecule has 0 bridgehead atoms. The number of anilines is 1. The summed E-state index contributed by atoms with van der Waals surface area (Å²) in [6, 6.07) is 6.55. The smallest absolute Gasteiger partial charge is 0.235 e. The number of fused-ring (bicyclic) bond motifs is 1. The number of carbonyl (C=O) groups is 1. The molecule has 3 rings (SSSR count).